The van der Waals surface area contributed by atoms with Gasteiger partial charge in [0, 0.05) is 33.9 Å². The summed E-state index contributed by atoms with van der Waals surface area (Å²) in [6.07, 6.45) is 0. The minimum Gasteiger partial charge on any atom is -0.380 e. The van der Waals surface area contributed by atoms with Crippen molar-refractivity contribution in [2.45, 2.75) is 6.54 Å². The maximum absolute atomic E-state index is 11.1. The van der Waals surface area contributed by atoms with Crippen LogP contribution in [0.5, 0.6) is 0 Å². The number of benzene rings is 2. The molecule has 7 heteroatoms. The second-order valence-corrected chi connectivity index (χ2v) is 5.15. The fraction of sp³-hybridized carbons (Fsp3) is 0.0714. The number of nitrogens with two attached hydrogens (primary N) is 1. The van der Waals surface area contributed by atoms with Crippen molar-refractivity contribution >= 4 is 33.2 Å². The van der Waals surface area contributed by atoms with Crippen molar-refractivity contribution in [2.75, 3.05) is 5.32 Å². The number of anilines is 1. The van der Waals surface area contributed by atoms with E-state index in [2.05, 4.69) is 21.2 Å². The van der Waals surface area contributed by atoms with Gasteiger partial charge in [0.25, 0.3) is 5.69 Å². The highest BCUT2D eigenvalue weighted by Crippen LogP contribution is 2.25. The van der Waals surface area contributed by atoms with Gasteiger partial charge in [-0.3, -0.25) is 14.9 Å². The van der Waals surface area contributed by atoms with Gasteiger partial charge in [-0.25, -0.2) is 0 Å². The van der Waals surface area contributed by atoms with Crippen molar-refractivity contribution in [3.05, 3.63) is 68.2 Å². The second kappa shape index (κ2) is 6.36. The van der Waals surface area contributed by atoms with Crippen LogP contribution < -0.4 is 11.1 Å². The number of carbonyl (C=O) groups is 1. The fourth-order valence-corrected chi connectivity index (χ4v) is 2.26. The summed E-state index contributed by atoms with van der Waals surface area (Å²) >= 11 is 3.39. The summed E-state index contributed by atoms with van der Waals surface area (Å²) in [6, 6.07) is 11.7. The standard InChI is InChI=1S/C14H12BrN3O3/c15-11-3-1-2-4-12(11)17-8-10-6-5-9(14(16)19)7-13(10)18(20)21/h1-7,17H,8H2,(H2,16,19). The molecule has 0 aliphatic heterocycles. The quantitative estimate of drug-likeness (QED) is 0.640. The van der Waals surface area contributed by atoms with Crippen molar-refractivity contribution in [1.29, 1.82) is 0 Å². The van der Waals surface area contributed by atoms with Gasteiger partial charge in [0.2, 0.25) is 5.91 Å². The molecule has 3 N–H and O–H groups in total. The summed E-state index contributed by atoms with van der Waals surface area (Å²) in [4.78, 5) is 21.7. The zero-order valence-electron chi connectivity index (χ0n) is 10.9. The molecule has 0 aliphatic carbocycles. The molecule has 2 aromatic rings. The number of hydrogen-bond donors (Lipinski definition) is 2. The summed E-state index contributed by atoms with van der Waals surface area (Å²) in [5.41, 5.74) is 6.42. The van der Waals surface area contributed by atoms with Crippen LogP contribution in [0, 0.1) is 10.1 Å². The molecule has 0 atom stereocenters. The number of amides is 1. The van der Waals surface area contributed by atoms with Gasteiger partial charge in [0.15, 0.2) is 0 Å². The summed E-state index contributed by atoms with van der Waals surface area (Å²) in [6.45, 7) is 0.262. The van der Waals surface area contributed by atoms with Crippen LogP contribution in [-0.2, 0) is 6.54 Å². The number of rotatable bonds is 5. The van der Waals surface area contributed by atoms with Crippen LogP contribution in [0.15, 0.2) is 46.9 Å². The molecular formula is C14H12BrN3O3. The average molecular weight is 350 g/mol. The van der Waals surface area contributed by atoms with E-state index in [1.165, 1.54) is 18.2 Å². The van der Waals surface area contributed by atoms with Gasteiger partial charge in [0.1, 0.15) is 0 Å². The Hall–Kier alpha value is -2.41. The Morgan fingerprint density at radius 2 is 2.00 bits per heavy atom. The Morgan fingerprint density at radius 1 is 1.29 bits per heavy atom. The van der Waals surface area contributed by atoms with Crippen LogP contribution >= 0.6 is 15.9 Å². The van der Waals surface area contributed by atoms with Crippen molar-refractivity contribution < 1.29 is 9.72 Å². The van der Waals surface area contributed by atoms with Crippen molar-refractivity contribution in [3.8, 4) is 0 Å². The zero-order chi connectivity index (χ0) is 15.4. The van der Waals surface area contributed by atoms with Crippen LogP contribution in [0.3, 0.4) is 0 Å². The molecule has 0 saturated heterocycles. The maximum atomic E-state index is 11.1. The number of nitrogens with one attached hydrogen (secondary N) is 1. The zero-order valence-corrected chi connectivity index (χ0v) is 12.5. The maximum Gasteiger partial charge on any atom is 0.275 e. The van der Waals surface area contributed by atoms with Gasteiger partial charge in [-0.2, -0.15) is 0 Å². The van der Waals surface area contributed by atoms with E-state index in [1.54, 1.807) is 0 Å². The first kappa shape index (κ1) is 15.0. The normalized spacial score (nSPS) is 10.1. The third-order valence-corrected chi connectivity index (χ3v) is 3.60. The Labute approximate surface area is 129 Å². The number of para-hydroxylation sites is 1. The van der Waals surface area contributed by atoms with Gasteiger partial charge in [0.05, 0.1) is 4.92 Å². The lowest BCUT2D eigenvalue weighted by Crippen LogP contribution is -2.12. The van der Waals surface area contributed by atoms with Gasteiger partial charge in [-0.15, -0.1) is 0 Å². The SMILES string of the molecule is NC(=O)c1ccc(CNc2ccccc2Br)c([N+](=O)[O-])c1. The third-order valence-electron chi connectivity index (χ3n) is 2.91. The first-order valence-corrected chi connectivity index (χ1v) is 6.84. The largest absolute Gasteiger partial charge is 0.380 e. The molecule has 0 bridgehead atoms. The molecule has 0 aliphatic rings. The predicted molar refractivity (Wildman–Crippen MR) is 83.1 cm³/mol. The van der Waals surface area contributed by atoms with E-state index in [-0.39, 0.29) is 17.8 Å². The number of nitro benzene ring substituents is 1. The van der Waals surface area contributed by atoms with Crippen molar-refractivity contribution in [1.82, 2.24) is 0 Å². The molecule has 0 unspecified atom stereocenters. The molecule has 21 heavy (non-hydrogen) atoms. The molecule has 108 valence electrons. The lowest BCUT2D eigenvalue weighted by molar-refractivity contribution is -0.385. The molecule has 1 amide bonds. The van der Waals surface area contributed by atoms with E-state index in [0.29, 0.717) is 5.56 Å². The van der Waals surface area contributed by atoms with E-state index in [4.69, 9.17) is 5.73 Å². The molecule has 2 aromatic carbocycles. The highest BCUT2D eigenvalue weighted by atomic mass is 79.9. The first-order valence-electron chi connectivity index (χ1n) is 6.04. The minimum atomic E-state index is -0.691. The molecule has 0 heterocycles. The van der Waals surface area contributed by atoms with E-state index >= 15 is 0 Å². The highest BCUT2D eigenvalue weighted by Gasteiger charge is 2.16. The van der Waals surface area contributed by atoms with E-state index in [9.17, 15) is 14.9 Å². The van der Waals surface area contributed by atoms with Gasteiger partial charge in [-0.05, 0) is 40.2 Å². The number of nitrogens with zero attached hydrogens (tertiary/aromatic N) is 1. The monoisotopic (exact) mass is 349 g/mol. The Bertz CT molecular complexity index is 704. The van der Waals surface area contributed by atoms with Crippen LogP contribution in [0.2, 0.25) is 0 Å². The molecule has 0 aromatic heterocycles. The number of halogens is 1. The van der Waals surface area contributed by atoms with E-state index < -0.39 is 10.8 Å². The smallest absolute Gasteiger partial charge is 0.275 e. The molecular weight excluding hydrogens is 338 g/mol. The average Bonchev–Trinajstić information content (AvgIpc) is 2.46. The molecule has 0 spiro atoms. The number of carbonyl (C=O) groups excluding carboxylic acids is 1. The molecule has 0 saturated carbocycles. The summed E-state index contributed by atoms with van der Waals surface area (Å²) in [5.74, 6) is -0.691. The van der Waals surface area contributed by atoms with Crippen molar-refractivity contribution in [3.63, 3.8) is 0 Å². The Morgan fingerprint density at radius 3 is 2.62 bits per heavy atom. The Balaban J connectivity index is 2.26. The fourth-order valence-electron chi connectivity index (χ4n) is 1.83. The summed E-state index contributed by atoms with van der Waals surface area (Å²) in [7, 11) is 0. The second-order valence-electron chi connectivity index (χ2n) is 4.30. The van der Waals surface area contributed by atoms with Gasteiger partial charge >= 0.3 is 0 Å². The van der Waals surface area contributed by atoms with Crippen LogP contribution in [0.25, 0.3) is 0 Å². The summed E-state index contributed by atoms with van der Waals surface area (Å²) in [5, 5.41) is 14.2. The van der Waals surface area contributed by atoms with E-state index in [0.717, 1.165) is 10.2 Å². The highest BCUT2D eigenvalue weighted by molar-refractivity contribution is 9.10. The number of primary amides is 1. The number of nitro groups is 1. The molecule has 6 nitrogen and oxygen atoms in total. The lowest BCUT2D eigenvalue weighted by Gasteiger charge is -2.09. The van der Waals surface area contributed by atoms with Crippen LogP contribution in [0.4, 0.5) is 11.4 Å². The topological polar surface area (TPSA) is 98.3 Å². The number of hydrogen-bond acceptors (Lipinski definition) is 4. The van der Waals surface area contributed by atoms with Gasteiger partial charge < -0.3 is 11.1 Å². The summed E-state index contributed by atoms with van der Waals surface area (Å²) < 4.78 is 0.862. The first-order chi connectivity index (χ1) is 9.99. The van der Waals surface area contributed by atoms with E-state index in [1.807, 2.05) is 24.3 Å². The predicted octanol–water partition coefficient (Wildman–Crippen LogP) is 3.07. The van der Waals surface area contributed by atoms with Crippen LogP contribution in [-0.4, -0.2) is 10.8 Å². The molecule has 0 fully saturated rings. The van der Waals surface area contributed by atoms with Gasteiger partial charge in [-0.1, -0.05) is 12.1 Å². The lowest BCUT2D eigenvalue weighted by atomic mass is 10.1. The molecule has 2 rings (SSSR count). The molecule has 0 radical (unpaired) electrons. The van der Waals surface area contributed by atoms with Crippen molar-refractivity contribution in [2.24, 2.45) is 5.73 Å². The van der Waals surface area contributed by atoms with Crippen LogP contribution in [0.1, 0.15) is 15.9 Å². The Kier molecular flexibility index (Phi) is 4.54. The minimum absolute atomic E-state index is 0.117. The third kappa shape index (κ3) is 3.57.